The summed E-state index contributed by atoms with van der Waals surface area (Å²) in [6, 6.07) is 0. The minimum Gasteiger partial charge on any atom is -0.496 e. The van der Waals surface area contributed by atoms with Crippen LogP contribution in [0.2, 0.25) is 11.6 Å². The topological polar surface area (TPSA) is 37.3 Å². The van der Waals surface area contributed by atoms with Gasteiger partial charge in [-0.1, -0.05) is 11.6 Å². The summed E-state index contributed by atoms with van der Waals surface area (Å²) in [6.45, 7) is 0. The Morgan fingerprint density at radius 1 is 1.67 bits per heavy atom. The van der Waals surface area contributed by atoms with E-state index >= 15 is 0 Å². The molecule has 0 saturated heterocycles. The minimum atomic E-state index is -1.33. The molecule has 0 aliphatic rings. The van der Waals surface area contributed by atoms with Crippen LogP contribution in [0.3, 0.4) is 0 Å². The molecule has 0 heterocycles. The summed E-state index contributed by atoms with van der Waals surface area (Å²) in [5.41, 5.74) is 0. The summed E-state index contributed by atoms with van der Waals surface area (Å²) in [4.78, 5) is 9.16. The summed E-state index contributed by atoms with van der Waals surface area (Å²) >= 11 is -1.33. The number of hydrogen-bond acceptors (Lipinski definition) is 1. The van der Waals surface area contributed by atoms with Crippen molar-refractivity contribution in [3.8, 4) is 0 Å². The van der Waals surface area contributed by atoms with Crippen LogP contribution in [0.1, 0.15) is 0 Å². The van der Waals surface area contributed by atoms with Crippen LogP contribution < -0.4 is 0 Å². The van der Waals surface area contributed by atoms with Crippen LogP contribution >= 0.6 is 0 Å². The highest BCUT2D eigenvalue weighted by molar-refractivity contribution is 6.86. The molecule has 0 rings (SSSR count). The number of hydrogen-bond donors (Lipinski definition) is 1. The Bertz CT molecular complexity index is 59.8. The standard InChI is InChI=1S/CHO2.2CH3.Al/c2-1-3;;;/h(H,2,3);2*1H3;. The van der Waals surface area contributed by atoms with Gasteiger partial charge in [-0.3, -0.25) is 4.79 Å². The first-order chi connectivity index (χ1) is 2.64. The third-order valence-corrected chi connectivity index (χ3v) is 1.48. The third kappa shape index (κ3) is 2.25. The fourth-order valence-corrected chi connectivity index (χ4v) is 0. The molecule has 6 heavy (non-hydrogen) atoms. The Kier molecular flexibility index (Phi) is 2.23. The molecule has 1 N–H and O–H groups in total. The van der Waals surface area contributed by atoms with Gasteiger partial charge in [-0.15, -0.1) is 0 Å². The lowest BCUT2D eigenvalue weighted by molar-refractivity contribution is 0.219. The van der Waals surface area contributed by atoms with Crippen molar-refractivity contribution in [1.82, 2.24) is 0 Å². The zero-order chi connectivity index (χ0) is 5.15. The van der Waals surface area contributed by atoms with E-state index in [0.29, 0.717) is 0 Å². The van der Waals surface area contributed by atoms with E-state index in [-0.39, 0.29) is 0 Å². The smallest absolute Gasteiger partial charge is 0.427 e. The molecular weight excluding hydrogens is 95.0 g/mol. The van der Waals surface area contributed by atoms with Crippen LogP contribution in [0.25, 0.3) is 0 Å². The molecule has 0 unspecified atom stereocenters. The molecule has 0 aromatic rings. The van der Waals surface area contributed by atoms with Crippen molar-refractivity contribution >= 4 is 19.0 Å². The highest BCUT2D eigenvalue weighted by Gasteiger charge is 2.10. The maximum absolute atomic E-state index is 9.76. The zero-order valence-electron chi connectivity index (χ0n) is 3.93. The Labute approximate surface area is 41.2 Å². The number of carbonyl (C=O) groups is 1. The maximum Gasteiger partial charge on any atom is 0.427 e. The van der Waals surface area contributed by atoms with E-state index in [9.17, 15) is 4.79 Å². The van der Waals surface area contributed by atoms with Crippen LogP contribution in [-0.4, -0.2) is 24.1 Å². The van der Waals surface area contributed by atoms with Gasteiger partial charge in [-0.05, 0) is 0 Å². The molecular formula is C3H7AlO2. The molecule has 0 aliphatic carbocycles. The molecule has 0 aromatic carbocycles. The molecule has 0 fully saturated rings. The van der Waals surface area contributed by atoms with Crippen molar-refractivity contribution < 1.29 is 9.90 Å². The van der Waals surface area contributed by atoms with Gasteiger partial charge in [0.1, 0.15) is 0 Å². The van der Waals surface area contributed by atoms with Gasteiger partial charge >= 0.3 is 14.1 Å². The van der Waals surface area contributed by atoms with Crippen molar-refractivity contribution in [1.29, 1.82) is 0 Å². The fourth-order valence-electron chi connectivity index (χ4n) is 0. The van der Waals surface area contributed by atoms with Gasteiger partial charge in [0.2, 0.25) is 0 Å². The van der Waals surface area contributed by atoms with Crippen LogP contribution in [0.5, 0.6) is 0 Å². The van der Waals surface area contributed by atoms with Gasteiger partial charge in [0.25, 0.3) is 0 Å². The Hall–Kier alpha value is 0.00247. The molecule has 34 valence electrons. The van der Waals surface area contributed by atoms with Crippen molar-refractivity contribution in [2.45, 2.75) is 11.6 Å². The second-order valence-electron chi connectivity index (χ2n) is 1.49. The molecule has 0 aromatic heterocycles. The second kappa shape index (κ2) is 2.22. The number of rotatable bonds is 1. The predicted octanol–water partition coefficient (Wildman–Crippen LogP) is 1.00. The highest BCUT2D eigenvalue weighted by atomic mass is 27.2. The van der Waals surface area contributed by atoms with E-state index in [2.05, 4.69) is 0 Å². The van der Waals surface area contributed by atoms with Gasteiger partial charge in [-0.25, -0.2) is 0 Å². The Morgan fingerprint density at radius 2 is 1.83 bits per heavy atom. The third-order valence-electron chi connectivity index (χ3n) is 0.494. The summed E-state index contributed by atoms with van der Waals surface area (Å²) < 4.78 is 0. The minimum absolute atomic E-state index is 0.602. The lowest BCUT2D eigenvalue weighted by atomic mass is 11.6. The molecule has 0 spiro atoms. The fraction of sp³-hybridized carbons (Fsp3) is 0.667. The lowest BCUT2D eigenvalue weighted by Gasteiger charge is -1.81. The van der Waals surface area contributed by atoms with E-state index in [4.69, 9.17) is 5.11 Å². The van der Waals surface area contributed by atoms with Crippen molar-refractivity contribution in [3.63, 3.8) is 0 Å². The molecule has 0 amide bonds. The summed E-state index contributed by atoms with van der Waals surface area (Å²) in [5, 5.41) is 8.05. The molecule has 0 radical (unpaired) electrons. The number of carboxylic acid groups (broad SMARTS) is 1. The molecule has 0 saturated carbocycles. The van der Waals surface area contributed by atoms with Crippen molar-refractivity contribution in [3.05, 3.63) is 0 Å². The normalized spacial score (nSPS) is 7.67. The van der Waals surface area contributed by atoms with E-state index in [0.717, 1.165) is 0 Å². The van der Waals surface area contributed by atoms with Gasteiger partial charge < -0.3 is 5.11 Å². The maximum atomic E-state index is 9.76. The van der Waals surface area contributed by atoms with E-state index in [1.165, 1.54) is 0 Å². The van der Waals surface area contributed by atoms with Crippen LogP contribution in [0.4, 0.5) is 4.79 Å². The lowest BCUT2D eigenvalue weighted by Crippen LogP contribution is -2.13. The Morgan fingerprint density at radius 3 is 1.83 bits per heavy atom. The highest BCUT2D eigenvalue weighted by Crippen LogP contribution is 1.77. The first-order valence-corrected chi connectivity index (χ1v) is 4.76. The SMILES string of the molecule is [CH3][Al]([CH3])[C](=O)O. The largest absolute Gasteiger partial charge is 0.496 e. The van der Waals surface area contributed by atoms with E-state index < -0.39 is 19.0 Å². The van der Waals surface area contributed by atoms with Gasteiger partial charge in [-0.2, -0.15) is 0 Å². The first-order valence-electron chi connectivity index (χ1n) is 1.87. The average Bonchev–Trinajstić information content (AvgIpc) is 1.36. The summed E-state index contributed by atoms with van der Waals surface area (Å²) in [5.74, 6) is 3.56. The quantitative estimate of drug-likeness (QED) is 0.501. The zero-order valence-corrected chi connectivity index (χ0v) is 5.09. The average molecular weight is 102 g/mol. The Balaban J connectivity index is 3.26. The van der Waals surface area contributed by atoms with E-state index in [1.807, 2.05) is 0 Å². The van der Waals surface area contributed by atoms with Crippen LogP contribution in [0.15, 0.2) is 0 Å². The molecule has 0 aliphatic heterocycles. The van der Waals surface area contributed by atoms with Crippen molar-refractivity contribution in [2.75, 3.05) is 0 Å². The summed E-state index contributed by atoms with van der Waals surface area (Å²) in [6.07, 6.45) is 0. The summed E-state index contributed by atoms with van der Waals surface area (Å²) in [7, 11) is 0. The van der Waals surface area contributed by atoms with Crippen molar-refractivity contribution in [2.24, 2.45) is 0 Å². The predicted molar refractivity (Wildman–Crippen MR) is 25.5 cm³/mol. The van der Waals surface area contributed by atoms with Gasteiger partial charge in [0.05, 0.1) is 0 Å². The first kappa shape index (κ1) is 6.00. The van der Waals surface area contributed by atoms with Crippen LogP contribution in [-0.2, 0) is 0 Å². The monoisotopic (exact) mass is 102 g/mol. The molecule has 0 bridgehead atoms. The van der Waals surface area contributed by atoms with Gasteiger partial charge in [0, 0.05) is 0 Å². The van der Waals surface area contributed by atoms with Gasteiger partial charge in [0.15, 0.2) is 4.83 Å². The molecule has 3 heteroatoms. The molecule has 0 atom stereocenters. The molecule has 2 nitrogen and oxygen atoms in total. The van der Waals surface area contributed by atoms with E-state index in [1.54, 1.807) is 11.6 Å². The van der Waals surface area contributed by atoms with Crippen LogP contribution in [0, 0.1) is 0 Å². The second-order valence-corrected chi connectivity index (χ2v) is 4.30.